The lowest BCUT2D eigenvalue weighted by atomic mass is 9.94. The molecular weight excluding hydrogens is 388 g/mol. The molecule has 0 bridgehead atoms. The number of hydrogen-bond acceptors (Lipinski definition) is 3. The molecule has 0 atom stereocenters. The van der Waals surface area contributed by atoms with Crippen molar-refractivity contribution in [1.82, 2.24) is 10.2 Å². The summed E-state index contributed by atoms with van der Waals surface area (Å²) in [5.41, 5.74) is 1.52. The van der Waals surface area contributed by atoms with Crippen LogP contribution < -0.4 is 5.32 Å². The molecule has 0 unspecified atom stereocenters. The number of urea groups is 1. The quantitative estimate of drug-likeness (QED) is 0.306. The zero-order chi connectivity index (χ0) is 21.4. The minimum atomic E-state index is -0.709. The molecule has 5 rings (SSSR count). The third kappa shape index (κ3) is 3.36. The van der Waals surface area contributed by atoms with Crippen molar-refractivity contribution in [2.75, 3.05) is 0 Å². The normalized spacial score (nSPS) is 15.7. The number of carbonyl (C=O) groups is 3. The summed E-state index contributed by atoms with van der Waals surface area (Å²) in [7, 11) is 0. The Labute approximate surface area is 178 Å². The van der Waals surface area contributed by atoms with E-state index in [1.807, 2.05) is 78.9 Å². The lowest BCUT2D eigenvalue weighted by Crippen LogP contribution is -2.53. The Bertz CT molecular complexity index is 1340. The van der Waals surface area contributed by atoms with Crippen molar-refractivity contribution in [3.63, 3.8) is 0 Å². The molecule has 5 heteroatoms. The Morgan fingerprint density at radius 3 is 1.97 bits per heavy atom. The molecule has 1 heterocycles. The summed E-state index contributed by atoms with van der Waals surface area (Å²) in [4.78, 5) is 39.3. The van der Waals surface area contributed by atoms with Gasteiger partial charge in [0.2, 0.25) is 0 Å². The van der Waals surface area contributed by atoms with Crippen LogP contribution in [0.5, 0.6) is 0 Å². The summed E-state index contributed by atoms with van der Waals surface area (Å²) >= 11 is 0. The van der Waals surface area contributed by atoms with Crippen LogP contribution in [0.15, 0.2) is 90.5 Å². The van der Waals surface area contributed by atoms with Gasteiger partial charge in [0.25, 0.3) is 11.8 Å². The van der Waals surface area contributed by atoms with E-state index in [0.717, 1.165) is 37.6 Å². The van der Waals surface area contributed by atoms with E-state index in [1.165, 1.54) is 0 Å². The lowest BCUT2D eigenvalue weighted by molar-refractivity contribution is -0.130. The number of carbonyl (C=O) groups excluding carboxylic acids is 3. The van der Waals surface area contributed by atoms with Crippen LogP contribution in [-0.2, 0) is 16.1 Å². The van der Waals surface area contributed by atoms with Crippen LogP contribution in [0.3, 0.4) is 0 Å². The van der Waals surface area contributed by atoms with Crippen molar-refractivity contribution in [1.29, 1.82) is 0 Å². The lowest BCUT2D eigenvalue weighted by Gasteiger charge is -2.26. The summed E-state index contributed by atoms with van der Waals surface area (Å²) in [5, 5.41) is 6.18. The van der Waals surface area contributed by atoms with Gasteiger partial charge in [0, 0.05) is 0 Å². The number of amides is 4. The smallest absolute Gasteiger partial charge is 0.273 e. The van der Waals surface area contributed by atoms with Crippen LogP contribution in [0, 0.1) is 0 Å². The highest BCUT2D eigenvalue weighted by molar-refractivity contribution is 6.31. The minimum Gasteiger partial charge on any atom is -0.273 e. The van der Waals surface area contributed by atoms with E-state index < -0.39 is 17.8 Å². The van der Waals surface area contributed by atoms with E-state index in [4.69, 9.17) is 0 Å². The van der Waals surface area contributed by atoms with Gasteiger partial charge in [-0.1, -0.05) is 78.9 Å². The topological polar surface area (TPSA) is 66.5 Å². The first-order chi connectivity index (χ1) is 15.1. The molecule has 0 radical (unpaired) electrons. The number of nitrogens with zero attached hydrogens (tertiary/aromatic N) is 1. The first kappa shape index (κ1) is 18.8. The first-order valence-corrected chi connectivity index (χ1v) is 9.95. The molecule has 31 heavy (non-hydrogen) atoms. The van der Waals surface area contributed by atoms with Crippen LogP contribution in [0.25, 0.3) is 27.6 Å². The molecule has 1 N–H and O–H groups in total. The fourth-order valence-corrected chi connectivity index (χ4v) is 3.95. The molecule has 0 spiro atoms. The third-order valence-electron chi connectivity index (χ3n) is 5.47. The Balaban J connectivity index is 1.65. The fraction of sp³-hybridized carbons (Fsp3) is 0.0385. The Kier molecular flexibility index (Phi) is 4.56. The maximum absolute atomic E-state index is 13.2. The standard InChI is InChI=1S/C26H18N2O3/c29-24-23(25(30)28(26(31)27-24)16-17-8-2-1-3-9-17)15-22-20-12-6-4-10-18(20)14-19-11-5-7-13-21(19)22/h1-15H,16H2,(H,27,29,31)/b23-15+. The zero-order valence-corrected chi connectivity index (χ0v) is 16.5. The van der Waals surface area contributed by atoms with Gasteiger partial charge in [0.15, 0.2) is 0 Å². The molecule has 1 fully saturated rings. The van der Waals surface area contributed by atoms with Gasteiger partial charge in [0.05, 0.1) is 6.54 Å². The molecule has 1 aliphatic rings. The fourth-order valence-electron chi connectivity index (χ4n) is 3.95. The van der Waals surface area contributed by atoms with Gasteiger partial charge in [0.1, 0.15) is 5.57 Å². The maximum atomic E-state index is 13.2. The highest BCUT2D eigenvalue weighted by Crippen LogP contribution is 2.31. The molecule has 0 saturated carbocycles. The summed E-state index contributed by atoms with van der Waals surface area (Å²) in [5.74, 6) is -1.29. The van der Waals surface area contributed by atoms with Gasteiger partial charge in [-0.05, 0) is 44.8 Å². The number of hydrogen-bond donors (Lipinski definition) is 1. The van der Waals surface area contributed by atoms with Gasteiger partial charge in [-0.3, -0.25) is 19.8 Å². The van der Waals surface area contributed by atoms with Crippen molar-refractivity contribution >= 4 is 45.5 Å². The van der Waals surface area contributed by atoms with Gasteiger partial charge in [-0.25, -0.2) is 4.79 Å². The second-order valence-corrected chi connectivity index (χ2v) is 7.43. The molecule has 0 aliphatic carbocycles. The Hall–Kier alpha value is -4.25. The highest BCUT2D eigenvalue weighted by Gasteiger charge is 2.35. The van der Waals surface area contributed by atoms with E-state index in [0.29, 0.717) is 0 Å². The number of benzene rings is 4. The predicted octanol–water partition coefficient (Wildman–Crippen LogP) is 4.66. The van der Waals surface area contributed by atoms with Crippen LogP contribution in [-0.4, -0.2) is 22.7 Å². The van der Waals surface area contributed by atoms with Gasteiger partial charge >= 0.3 is 6.03 Å². The van der Waals surface area contributed by atoms with E-state index in [1.54, 1.807) is 6.08 Å². The largest absolute Gasteiger partial charge is 0.331 e. The number of rotatable bonds is 3. The molecular formula is C26H18N2O3. The van der Waals surface area contributed by atoms with Gasteiger partial charge < -0.3 is 0 Å². The van der Waals surface area contributed by atoms with Gasteiger partial charge in [-0.2, -0.15) is 0 Å². The average Bonchev–Trinajstić information content (AvgIpc) is 2.79. The second kappa shape index (κ2) is 7.54. The number of fused-ring (bicyclic) bond motifs is 2. The van der Waals surface area contributed by atoms with Crippen LogP contribution in [0.2, 0.25) is 0 Å². The van der Waals surface area contributed by atoms with E-state index >= 15 is 0 Å². The number of barbiturate groups is 1. The average molecular weight is 406 g/mol. The highest BCUT2D eigenvalue weighted by atomic mass is 16.2. The summed E-state index contributed by atoms with van der Waals surface area (Å²) < 4.78 is 0. The van der Waals surface area contributed by atoms with E-state index in [2.05, 4.69) is 11.4 Å². The molecule has 5 nitrogen and oxygen atoms in total. The molecule has 1 saturated heterocycles. The SMILES string of the molecule is O=C1NC(=O)N(Cc2ccccc2)C(=O)/C1=C/c1c2ccccc2cc2ccccc12. The molecule has 150 valence electrons. The van der Waals surface area contributed by atoms with Crippen molar-refractivity contribution in [3.05, 3.63) is 102 Å². The Morgan fingerprint density at radius 1 is 0.742 bits per heavy atom. The maximum Gasteiger partial charge on any atom is 0.331 e. The zero-order valence-electron chi connectivity index (χ0n) is 16.5. The van der Waals surface area contributed by atoms with E-state index in [-0.39, 0.29) is 12.1 Å². The molecule has 1 aliphatic heterocycles. The molecule has 4 aromatic carbocycles. The predicted molar refractivity (Wildman–Crippen MR) is 120 cm³/mol. The second-order valence-electron chi connectivity index (χ2n) is 7.43. The first-order valence-electron chi connectivity index (χ1n) is 9.95. The minimum absolute atomic E-state index is 0.0583. The van der Waals surface area contributed by atoms with Crippen LogP contribution in [0.4, 0.5) is 4.79 Å². The third-order valence-corrected chi connectivity index (χ3v) is 5.47. The van der Waals surface area contributed by atoms with Crippen LogP contribution in [0.1, 0.15) is 11.1 Å². The summed E-state index contributed by atoms with van der Waals surface area (Å²) in [6.07, 6.45) is 1.60. The monoisotopic (exact) mass is 406 g/mol. The molecule has 0 aromatic heterocycles. The molecule has 4 aromatic rings. The van der Waals surface area contributed by atoms with Crippen molar-refractivity contribution in [3.8, 4) is 0 Å². The van der Waals surface area contributed by atoms with Crippen molar-refractivity contribution in [2.45, 2.75) is 6.54 Å². The molecule has 4 amide bonds. The summed E-state index contributed by atoms with van der Waals surface area (Å²) in [6.45, 7) is 0.0897. The van der Waals surface area contributed by atoms with Crippen molar-refractivity contribution in [2.24, 2.45) is 0 Å². The van der Waals surface area contributed by atoms with Gasteiger partial charge in [-0.15, -0.1) is 0 Å². The van der Waals surface area contributed by atoms with E-state index in [9.17, 15) is 14.4 Å². The Morgan fingerprint density at radius 2 is 1.32 bits per heavy atom. The summed E-state index contributed by atoms with van der Waals surface area (Å²) in [6, 6.07) is 26.3. The van der Waals surface area contributed by atoms with Crippen LogP contribution >= 0.6 is 0 Å². The number of imide groups is 2. The number of nitrogens with one attached hydrogen (secondary N) is 1. The van der Waals surface area contributed by atoms with Crippen molar-refractivity contribution < 1.29 is 14.4 Å².